The Kier molecular flexibility index (Phi) is 11.3. The summed E-state index contributed by atoms with van der Waals surface area (Å²) in [5.41, 5.74) is 8.32. The number of hydrogen-bond acceptors (Lipinski definition) is 10. The number of nitrogens with two attached hydrogens (primary N) is 1. The molecule has 3 aromatic carbocycles. The molecule has 280 valence electrons. The normalized spacial score (nSPS) is 16.2. The van der Waals surface area contributed by atoms with Crippen LogP contribution >= 0.6 is 11.6 Å². The van der Waals surface area contributed by atoms with Gasteiger partial charge in [0.2, 0.25) is 11.8 Å². The first-order valence-electron chi connectivity index (χ1n) is 16.9. The van der Waals surface area contributed by atoms with Crippen molar-refractivity contribution in [2.75, 3.05) is 42.9 Å². The molecule has 1 saturated heterocycles. The van der Waals surface area contributed by atoms with Crippen LogP contribution in [0.1, 0.15) is 45.9 Å². The number of rotatable bonds is 11. The van der Waals surface area contributed by atoms with E-state index >= 15 is 4.39 Å². The Bertz CT molecular complexity index is 2110. The molecule has 0 aliphatic carbocycles. The number of fused-ring (bicyclic) bond motifs is 1. The molecule has 16 nitrogen and oxygen atoms in total. The van der Waals surface area contributed by atoms with Crippen molar-refractivity contribution in [3.8, 4) is 5.69 Å². The molecule has 0 radical (unpaired) electrons. The highest BCUT2D eigenvalue weighted by Gasteiger charge is 2.37. The number of aliphatic carboxylic acids is 1. The molecular weight excluding hydrogens is 725 g/mol. The van der Waals surface area contributed by atoms with Crippen LogP contribution in [0.4, 0.5) is 15.8 Å². The molecule has 18 heteroatoms. The van der Waals surface area contributed by atoms with Crippen molar-refractivity contribution in [2.45, 2.75) is 31.3 Å². The van der Waals surface area contributed by atoms with Gasteiger partial charge in [0.15, 0.2) is 5.82 Å². The summed E-state index contributed by atoms with van der Waals surface area (Å²) in [5, 5.41) is 32.0. The van der Waals surface area contributed by atoms with Gasteiger partial charge in [0.05, 0.1) is 16.3 Å². The number of benzene rings is 3. The van der Waals surface area contributed by atoms with Crippen molar-refractivity contribution >= 4 is 58.7 Å². The number of carbonyl (C=O) groups excluding carboxylic acids is 3. The summed E-state index contributed by atoms with van der Waals surface area (Å²) < 4.78 is 16.5. The summed E-state index contributed by atoms with van der Waals surface area (Å²) in [6.45, 7) is 1.84. The maximum atomic E-state index is 15.3. The first kappa shape index (κ1) is 37.6. The molecule has 3 amide bonds. The average molecular weight is 760 g/mol. The van der Waals surface area contributed by atoms with Crippen LogP contribution in [0.25, 0.3) is 11.8 Å². The average Bonchev–Trinajstić information content (AvgIpc) is 3.71. The predicted molar refractivity (Wildman–Crippen MR) is 193 cm³/mol. The van der Waals surface area contributed by atoms with Crippen molar-refractivity contribution in [3.63, 3.8) is 0 Å². The lowest BCUT2D eigenvalue weighted by Gasteiger charge is -2.41. The number of amides is 3. The van der Waals surface area contributed by atoms with E-state index in [1.807, 2.05) is 6.07 Å². The van der Waals surface area contributed by atoms with E-state index in [0.717, 1.165) is 17.3 Å². The fraction of sp³-hybridized carbons (Fsp3) is 0.278. The van der Waals surface area contributed by atoms with Crippen LogP contribution in [0.15, 0.2) is 67.0 Å². The van der Waals surface area contributed by atoms with Gasteiger partial charge in [-0.15, -0.1) is 5.10 Å². The zero-order valence-electron chi connectivity index (χ0n) is 28.6. The van der Waals surface area contributed by atoms with Gasteiger partial charge < -0.3 is 36.0 Å². The van der Waals surface area contributed by atoms with Crippen LogP contribution in [-0.4, -0.2) is 109 Å². The maximum Gasteiger partial charge on any atom is 0.335 e. The zero-order valence-corrected chi connectivity index (χ0v) is 29.4. The van der Waals surface area contributed by atoms with Crippen LogP contribution in [0.3, 0.4) is 0 Å². The Hall–Kier alpha value is -6.20. The first-order chi connectivity index (χ1) is 25.9. The molecule has 5 N–H and O–H groups in total. The SMILES string of the molecule is N[C@@H](CCC(=O)N1CCN(c2cccc3c2CCN(C(=O)/C=C/c2c(-n4cnnn4)ccc(Cl)c2F)[C@@H]3C(=O)Nc2ccc(C(=O)O)cc2)CC1)C(=O)O. The number of carboxylic acids is 2. The fourth-order valence-corrected chi connectivity index (χ4v) is 6.73. The van der Waals surface area contributed by atoms with Crippen LogP contribution < -0.4 is 16.0 Å². The van der Waals surface area contributed by atoms with Gasteiger partial charge in [-0.2, -0.15) is 4.68 Å². The number of carbonyl (C=O) groups is 5. The Morgan fingerprint density at radius 3 is 2.39 bits per heavy atom. The molecule has 0 spiro atoms. The van der Waals surface area contributed by atoms with Crippen LogP contribution in [0.5, 0.6) is 0 Å². The minimum atomic E-state index is -1.16. The van der Waals surface area contributed by atoms with Gasteiger partial charge in [0, 0.05) is 62.2 Å². The third-order valence-electron chi connectivity index (χ3n) is 9.38. The summed E-state index contributed by atoms with van der Waals surface area (Å²) in [6, 6.07) is 11.6. The number of aromatic carboxylic acids is 1. The number of carboxylic acid groups (broad SMARTS) is 2. The van der Waals surface area contributed by atoms with Crippen LogP contribution in [0, 0.1) is 5.82 Å². The number of tetrazole rings is 1. The largest absolute Gasteiger partial charge is 0.480 e. The summed E-state index contributed by atoms with van der Waals surface area (Å²) >= 11 is 6.08. The van der Waals surface area contributed by atoms with Crippen LogP contribution in [0.2, 0.25) is 5.02 Å². The lowest BCUT2D eigenvalue weighted by molar-refractivity contribution is -0.139. The molecule has 2 atom stereocenters. The first-order valence-corrected chi connectivity index (χ1v) is 17.3. The number of nitrogens with zero attached hydrogens (tertiary/aromatic N) is 7. The molecule has 6 rings (SSSR count). The Morgan fingerprint density at radius 2 is 1.72 bits per heavy atom. The maximum absolute atomic E-state index is 15.3. The van der Waals surface area contributed by atoms with Crippen molar-refractivity contribution in [1.29, 1.82) is 0 Å². The second-order valence-electron chi connectivity index (χ2n) is 12.6. The molecule has 0 unspecified atom stereocenters. The summed E-state index contributed by atoms with van der Waals surface area (Å²) in [6.07, 6.45) is 4.09. The van der Waals surface area contributed by atoms with Crippen molar-refractivity contribution < 1.29 is 38.6 Å². The van der Waals surface area contributed by atoms with Gasteiger partial charge in [-0.05, 0) is 82.9 Å². The minimum absolute atomic E-state index is 0.0191. The monoisotopic (exact) mass is 759 g/mol. The number of halogens is 2. The predicted octanol–water partition coefficient (Wildman–Crippen LogP) is 2.77. The Morgan fingerprint density at radius 1 is 0.981 bits per heavy atom. The van der Waals surface area contributed by atoms with Gasteiger partial charge in [-0.1, -0.05) is 23.7 Å². The number of nitrogens with one attached hydrogen (secondary N) is 1. The van der Waals surface area contributed by atoms with Crippen molar-refractivity contribution in [2.24, 2.45) is 5.73 Å². The van der Waals surface area contributed by atoms with Gasteiger partial charge >= 0.3 is 11.9 Å². The highest BCUT2D eigenvalue weighted by Crippen LogP contribution is 2.37. The quantitative estimate of drug-likeness (QED) is 0.162. The molecule has 54 heavy (non-hydrogen) atoms. The van der Waals surface area contributed by atoms with E-state index in [1.54, 1.807) is 17.0 Å². The second kappa shape index (κ2) is 16.2. The van der Waals surface area contributed by atoms with E-state index in [-0.39, 0.29) is 47.1 Å². The van der Waals surface area contributed by atoms with Crippen molar-refractivity contribution in [1.82, 2.24) is 30.0 Å². The van der Waals surface area contributed by atoms with E-state index in [1.165, 1.54) is 58.4 Å². The van der Waals surface area contributed by atoms with Gasteiger partial charge in [-0.3, -0.25) is 19.2 Å². The molecule has 1 aromatic heterocycles. The third-order valence-corrected chi connectivity index (χ3v) is 9.68. The molecule has 1 fully saturated rings. The van der Waals surface area contributed by atoms with Gasteiger partial charge in [0.1, 0.15) is 18.4 Å². The number of anilines is 2. The van der Waals surface area contributed by atoms with Crippen molar-refractivity contribution in [3.05, 3.63) is 100 Å². The lowest BCUT2D eigenvalue weighted by Crippen LogP contribution is -2.50. The highest BCUT2D eigenvalue weighted by molar-refractivity contribution is 6.31. The number of hydrogen-bond donors (Lipinski definition) is 4. The molecule has 2 aliphatic heterocycles. The van der Waals surface area contributed by atoms with Gasteiger partial charge in [-0.25, -0.2) is 9.18 Å². The molecular formula is C36H35ClFN9O7. The van der Waals surface area contributed by atoms with E-state index in [9.17, 15) is 29.1 Å². The second-order valence-corrected chi connectivity index (χ2v) is 13.0. The zero-order chi connectivity index (χ0) is 38.5. The summed E-state index contributed by atoms with van der Waals surface area (Å²) in [7, 11) is 0. The molecule has 4 aromatic rings. The number of piperazine rings is 1. The molecule has 0 saturated carbocycles. The minimum Gasteiger partial charge on any atom is -0.480 e. The lowest BCUT2D eigenvalue weighted by atomic mass is 9.89. The third kappa shape index (κ3) is 8.06. The van der Waals surface area contributed by atoms with E-state index in [2.05, 4.69) is 25.7 Å². The summed E-state index contributed by atoms with van der Waals surface area (Å²) in [4.78, 5) is 68.5. The molecule has 0 bridgehead atoms. The smallest absolute Gasteiger partial charge is 0.335 e. The Balaban J connectivity index is 1.28. The highest BCUT2D eigenvalue weighted by atomic mass is 35.5. The van der Waals surface area contributed by atoms with E-state index < -0.39 is 41.7 Å². The number of aromatic nitrogens is 4. The van der Waals surface area contributed by atoms with Crippen LogP contribution in [-0.2, 0) is 25.6 Å². The van der Waals surface area contributed by atoms with E-state index in [4.69, 9.17) is 22.4 Å². The topological polar surface area (TPSA) is 217 Å². The Labute approximate surface area is 312 Å². The summed E-state index contributed by atoms with van der Waals surface area (Å²) in [5.74, 6) is -4.42. The molecule has 2 aliphatic rings. The van der Waals surface area contributed by atoms with Gasteiger partial charge in [0.25, 0.3) is 5.91 Å². The fourth-order valence-electron chi connectivity index (χ4n) is 6.57. The standard InChI is InChI=1S/C36H35ClFN9O7/c37-26-9-11-29(47-20-40-42-43-47)25(32(26)38)8-12-31(49)46-15-14-23-24(33(46)34(50)41-22-6-4-21(5-7-22)35(51)52)2-1-3-28(23)44-16-18-45(19-17-44)30(48)13-10-27(39)36(53)54/h1-9,11-12,20,27,33H,10,13-19,39H2,(H,41,50)(H,51,52)(H,53,54)/b12-8+/t27-,33-/m0/s1. The molecule has 3 heterocycles. The van der Waals surface area contributed by atoms with E-state index in [0.29, 0.717) is 43.9 Å².